The lowest BCUT2D eigenvalue weighted by Crippen LogP contribution is -2.36. The van der Waals surface area contributed by atoms with Gasteiger partial charge in [0.1, 0.15) is 11.5 Å². The number of nitrogens with one attached hydrogen (secondary N) is 1. The van der Waals surface area contributed by atoms with Gasteiger partial charge in [0.05, 0.1) is 12.0 Å². The first kappa shape index (κ1) is 22.8. The molecule has 0 aliphatic carbocycles. The zero-order valence-electron chi connectivity index (χ0n) is 18.1. The van der Waals surface area contributed by atoms with E-state index in [-0.39, 0.29) is 24.2 Å². The number of carbonyl (C=O) groups excluding carboxylic acids is 1. The Morgan fingerprint density at radius 2 is 1.78 bits per heavy atom. The van der Waals surface area contributed by atoms with E-state index in [0.717, 1.165) is 18.4 Å². The number of rotatable bonds is 10. The standard InChI is InChI=1S/C25H26N2O5/c1-18(8-9-19-6-4-3-5-7-19)26-25(28)17-32-24-15-12-21(27(29)30)16-23(24)20-10-13-22(31-2)14-11-20/h3-7,10-16,18H,8-9,17H2,1-2H3,(H,26,28)/t18-/m0/s1. The number of ether oxygens (including phenoxy) is 2. The number of amides is 1. The van der Waals surface area contributed by atoms with Crippen LogP contribution in [0.3, 0.4) is 0 Å². The van der Waals surface area contributed by atoms with Gasteiger partial charge >= 0.3 is 0 Å². The fourth-order valence-corrected chi connectivity index (χ4v) is 3.31. The molecule has 3 aromatic carbocycles. The topological polar surface area (TPSA) is 90.7 Å². The van der Waals surface area contributed by atoms with Gasteiger partial charge in [0.15, 0.2) is 6.61 Å². The Bertz CT molecular complexity index is 1050. The second-order valence-electron chi connectivity index (χ2n) is 7.45. The minimum atomic E-state index is -0.460. The lowest BCUT2D eigenvalue weighted by Gasteiger charge is -2.16. The SMILES string of the molecule is COc1ccc(-c2cc([N+](=O)[O-])ccc2OCC(=O)N[C@@H](C)CCc2ccccc2)cc1. The molecule has 7 heteroatoms. The molecule has 0 saturated heterocycles. The van der Waals surface area contributed by atoms with Crippen LogP contribution < -0.4 is 14.8 Å². The van der Waals surface area contributed by atoms with E-state index < -0.39 is 4.92 Å². The Morgan fingerprint density at radius 1 is 1.06 bits per heavy atom. The highest BCUT2D eigenvalue weighted by Crippen LogP contribution is 2.34. The molecule has 0 aliphatic heterocycles. The van der Waals surface area contributed by atoms with E-state index in [0.29, 0.717) is 17.1 Å². The highest BCUT2D eigenvalue weighted by atomic mass is 16.6. The van der Waals surface area contributed by atoms with Gasteiger partial charge in [-0.3, -0.25) is 14.9 Å². The fraction of sp³-hybridized carbons (Fsp3) is 0.240. The molecule has 3 aromatic rings. The molecule has 0 fully saturated rings. The predicted octanol–water partition coefficient (Wildman–Crippen LogP) is 4.79. The maximum Gasteiger partial charge on any atom is 0.270 e. The number of hydrogen-bond donors (Lipinski definition) is 1. The van der Waals surface area contributed by atoms with Crippen molar-refractivity contribution in [2.24, 2.45) is 0 Å². The summed E-state index contributed by atoms with van der Waals surface area (Å²) >= 11 is 0. The van der Waals surface area contributed by atoms with Crippen LogP contribution in [-0.4, -0.2) is 30.6 Å². The van der Waals surface area contributed by atoms with Crippen LogP contribution in [0.4, 0.5) is 5.69 Å². The van der Waals surface area contributed by atoms with Crippen LogP contribution >= 0.6 is 0 Å². The molecular weight excluding hydrogens is 408 g/mol. The van der Waals surface area contributed by atoms with Crippen molar-refractivity contribution < 1.29 is 19.2 Å². The maximum absolute atomic E-state index is 12.4. The molecule has 0 saturated carbocycles. The van der Waals surface area contributed by atoms with Crippen LogP contribution in [0.25, 0.3) is 11.1 Å². The monoisotopic (exact) mass is 434 g/mol. The molecule has 166 valence electrons. The van der Waals surface area contributed by atoms with E-state index in [2.05, 4.69) is 17.4 Å². The first-order valence-corrected chi connectivity index (χ1v) is 10.3. The number of methoxy groups -OCH3 is 1. The largest absolute Gasteiger partial charge is 0.497 e. The Hall–Kier alpha value is -3.87. The minimum Gasteiger partial charge on any atom is -0.497 e. The van der Waals surface area contributed by atoms with E-state index in [1.54, 1.807) is 31.4 Å². The third-order valence-electron chi connectivity index (χ3n) is 5.05. The van der Waals surface area contributed by atoms with E-state index in [1.807, 2.05) is 25.1 Å². The first-order valence-electron chi connectivity index (χ1n) is 10.3. The molecule has 0 unspecified atom stereocenters. The second-order valence-corrected chi connectivity index (χ2v) is 7.45. The van der Waals surface area contributed by atoms with Gasteiger partial charge in [0.2, 0.25) is 0 Å². The van der Waals surface area contributed by atoms with Gasteiger partial charge < -0.3 is 14.8 Å². The lowest BCUT2D eigenvalue weighted by molar-refractivity contribution is -0.384. The zero-order valence-corrected chi connectivity index (χ0v) is 18.1. The van der Waals surface area contributed by atoms with Crippen molar-refractivity contribution >= 4 is 11.6 Å². The molecule has 0 bridgehead atoms. The van der Waals surface area contributed by atoms with Gasteiger partial charge in [-0.05, 0) is 49.1 Å². The molecule has 0 heterocycles. The number of nitro groups is 1. The number of aryl methyl sites for hydroxylation is 1. The Morgan fingerprint density at radius 3 is 2.44 bits per heavy atom. The lowest BCUT2D eigenvalue weighted by atomic mass is 10.0. The van der Waals surface area contributed by atoms with Crippen LogP contribution in [0.1, 0.15) is 18.9 Å². The van der Waals surface area contributed by atoms with E-state index >= 15 is 0 Å². The molecule has 0 aliphatic rings. The van der Waals surface area contributed by atoms with Crippen molar-refractivity contribution in [1.29, 1.82) is 0 Å². The number of non-ortho nitro benzene ring substituents is 1. The number of hydrogen-bond acceptors (Lipinski definition) is 5. The van der Waals surface area contributed by atoms with Gasteiger partial charge in [-0.2, -0.15) is 0 Å². The summed E-state index contributed by atoms with van der Waals surface area (Å²) < 4.78 is 10.9. The van der Waals surface area contributed by atoms with Crippen LogP contribution in [0, 0.1) is 10.1 Å². The third-order valence-corrected chi connectivity index (χ3v) is 5.05. The van der Waals surface area contributed by atoms with Crippen molar-refractivity contribution in [1.82, 2.24) is 5.32 Å². The zero-order chi connectivity index (χ0) is 22.9. The first-order chi connectivity index (χ1) is 15.5. The Balaban J connectivity index is 1.64. The molecule has 0 radical (unpaired) electrons. The van der Waals surface area contributed by atoms with Crippen LogP contribution in [-0.2, 0) is 11.2 Å². The molecule has 0 aromatic heterocycles. The third kappa shape index (κ3) is 6.31. The smallest absolute Gasteiger partial charge is 0.270 e. The highest BCUT2D eigenvalue weighted by molar-refractivity contribution is 5.79. The van der Waals surface area contributed by atoms with Crippen molar-refractivity contribution in [3.8, 4) is 22.6 Å². The highest BCUT2D eigenvalue weighted by Gasteiger charge is 2.15. The quantitative estimate of drug-likeness (QED) is 0.366. The molecule has 3 rings (SSSR count). The van der Waals surface area contributed by atoms with E-state index in [4.69, 9.17) is 9.47 Å². The summed E-state index contributed by atoms with van der Waals surface area (Å²) in [6.45, 7) is 1.77. The van der Waals surface area contributed by atoms with Gasteiger partial charge in [0, 0.05) is 23.7 Å². The summed E-state index contributed by atoms with van der Waals surface area (Å²) in [4.78, 5) is 23.2. The number of carbonyl (C=O) groups is 1. The van der Waals surface area contributed by atoms with Crippen molar-refractivity contribution in [3.63, 3.8) is 0 Å². The number of benzene rings is 3. The average Bonchev–Trinajstić information content (AvgIpc) is 2.82. The fourth-order valence-electron chi connectivity index (χ4n) is 3.31. The van der Waals surface area contributed by atoms with Crippen molar-refractivity contribution in [2.75, 3.05) is 13.7 Å². The summed E-state index contributed by atoms with van der Waals surface area (Å²) in [5.74, 6) is 0.822. The Kier molecular flexibility index (Phi) is 7.80. The summed E-state index contributed by atoms with van der Waals surface area (Å²) in [5.41, 5.74) is 2.43. The van der Waals surface area contributed by atoms with Crippen LogP contribution in [0.2, 0.25) is 0 Å². The van der Waals surface area contributed by atoms with Gasteiger partial charge in [0.25, 0.3) is 11.6 Å². The number of nitro benzene ring substituents is 1. The summed E-state index contributed by atoms with van der Waals surface area (Å²) in [6, 6.07) is 21.5. The average molecular weight is 434 g/mol. The summed E-state index contributed by atoms with van der Waals surface area (Å²) in [5, 5.41) is 14.2. The summed E-state index contributed by atoms with van der Waals surface area (Å²) in [7, 11) is 1.57. The Labute approximate surface area is 187 Å². The molecular formula is C25H26N2O5. The predicted molar refractivity (Wildman–Crippen MR) is 123 cm³/mol. The molecule has 32 heavy (non-hydrogen) atoms. The van der Waals surface area contributed by atoms with Gasteiger partial charge in [-0.15, -0.1) is 0 Å². The minimum absolute atomic E-state index is 0.00998. The second kappa shape index (κ2) is 10.9. The molecule has 1 N–H and O–H groups in total. The maximum atomic E-state index is 12.4. The van der Waals surface area contributed by atoms with E-state index in [9.17, 15) is 14.9 Å². The van der Waals surface area contributed by atoms with Crippen LogP contribution in [0.15, 0.2) is 72.8 Å². The van der Waals surface area contributed by atoms with Crippen molar-refractivity contribution in [3.05, 3.63) is 88.5 Å². The van der Waals surface area contributed by atoms with Crippen molar-refractivity contribution in [2.45, 2.75) is 25.8 Å². The summed E-state index contributed by atoms with van der Waals surface area (Å²) in [6.07, 6.45) is 1.68. The molecule has 7 nitrogen and oxygen atoms in total. The van der Waals surface area contributed by atoms with Gasteiger partial charge in [-0.25, -0.2) is 0 Å². The van der Waals surface area contributed by atoms with Crippen LogP contribution in [0.5, 0.6) is 11.5 Å². The number of nitrogens with zero attached hydrogens (tertiary/aromatic N) is 1. The van der Waals surface area contributed by atoms with E-state index in [1.165, 1.54) is 23.8 Å². The normalized spacial score (nSPS) is 11.4. The molecule has 0 spiro atoms. The van der Waals surface area contributed by atoms with Gasteiger partial charge in [-0.1, -0.05) is 42.5 Å². The molecule has 1 atom stereocenters. The molecule has 1 amide bonds.